The minimum absolute atomic E-state index is 0. The fourth-order valence-electron chi connectivity index (χ4n) is 1.37. The van der Waals surface area contributed by atoms with Crippen molar-refractivity contribution in [2.45, 2.75) is 41.0 Å². The zero-order chi connectivity index (χ0) is 13.7. The summed E-state index contributed by atoms with van der Waals surface area (Å²) in [6.45, 7) is 11.8. The summed E-state index contributed by atoms with van der Waals surface area (Å²) in [6, 6.07) is 0. The zero-order valence-electron chi connectivity index (χ0n) is 11.8. The SMILES string of the molecule is C.C.C=C[Si](C)(C)O[Si](C)(C)O[Si](OC)(OC)OC. The van der Waals surface area contributed by atoms with Crippen LogP contribution in [-0.4, -0.2) is 47.3 Å². The average molecular weight is 329 g/mol. The zero-order valence-corrected chi connectivity index (χ0v) is 14.8. The fourth-order valence-corrected chi connectivity index (χ4v) is 11.2. The summed E-state index contributed by atoms with van der Waals surface area (Å²) in [4.78, 5) is 0. The molecule has 8 heteroatoms. The molecule has 0 aliphatic rings. The second-order valence-electron chi connectivity index (χ2n) is 4.52. The fraction of sp³-hybridized carbons (Fsp3) is 0.818. The molecule has 0 radical (unpaired) electrons. The lowest BCUT2D eigenvalue weighted by molar-refractivity contribution is 0.0413. The molecule has 0 spiro atoms. The maximum absolute atomic E-state index is 6.07. The van der Waals surface area contributed by atoms with Crippen molar-refractivity contribution in [3.8, 4) is 0 Å². The van der Waals surface area contributed by atoms with E-state index in [-0.39, 0.29) is 14.9 Å². The number of hydrogen-bond donors (Lipinski definition) is 0. The first-order chi connectivity index (χ1) is 7.66. The molecule has 19 heavy (non-hydrogen) atoms. The molecule has 0 aromatic carbocycles. The molecule has 0 N–H and O–H groups in total. The van der Waals surface area contributed by atoms with Gasteiger partial charge in [-0.3, -0.25) is 0 Å². The average Bonchev–Trinajstić information content (AvgIpc) is 2.25. The predicted molar refractivity (Wildman–Crippen MR) is 87.6 cm³/mol. The van der Waals surface area contributed by atoms with Crippen molar-refractivity contribution < 1.29 is 21.5 Å². The van der Waals surface area contributed by atoms with Gasteiger partial charge in [0.2, 0.25) is 0 Å². The lowest BCUT2D eigenvalue weighted by atomic mass is 11.3. The van der Waals surface area contributed by atoms with Crippen LogP contribution in [0, 0.1) is 0 Å². The molecule has 0 saturated heterocycles. The standard InChI is InChI=1S/C9H24O5Si3.2CH4/c1-9-15(5,6)13-16(7,8)14-17(10-2,11-3)12-4;;/h9H,1H2,2-8H3;2*1H4. The predicted octanol–water partition coefficient (Wildman–Crippen LogP) is 3.30. The van der Waals surface area contributed by atoms with E-state index in [0.29, 0.717) is 0 Å². The molecule has 0 atom stereocenters. The molecule has 0 rings (SSSR count). The molecule has 0 fully saturated rings. The van der Waals surface area contributed by atoms with E-state index in [2.05, 4.69) is 19.7 Å². The molecule has 0 aromatic heterocycles. The maximum Gasteiger partial charge on any atom is 0.669 e. The largest absolute Gasteiger partial charge is 0.669 e. The Labute approximate surface area is 122 Å². The third kappa shape index (κ3) is 8.15. The first-order valence-corrected chi connectivity index (χ1v) is 12.8. The molecule has 0 saturated carbocycles. The van der Waals surface area contributed by atoms with Crippen LogP contribution in [0.3, 0.4) is 0 Å². The second kappa shape index (κ2) is 9.19. The van der Waals surface area contributed by atoms with Gasteiger partial charge in [-0.2, -0.15) is 0 Å². The molecule has 0 aliphatic carbocycles. The third-order valence-electron chi connectivity index (χ3n) is 2.12. The molecule has 0 aliphatic heterocycles. The summed E-state index contributed by atoms with van der Waals surface area (Å²) in [7, 11) is -2.78. The highest BCUT2D eigenvalue weighted by Gasteiger charge is 2.49. The van der Waals surface area contributed by atoms with E-state index in [9.17, 15) is 0 Å². The highest BCUT2D eigenvalue weighted by Crippen LogP contribution is 2.21. The summed E-state index contributed by atoms with van der Waals surface area (Å²) in [5, 5.41) is 0. The van der Waals surface area contributed by atoms with E-state index < -0.39 is 25.9 Å². The lowest BCUT2D eigenvalue weighted by Crippen LogP contribution is -2.57. The van der Waals surface area contributed by atoms with Crippen LogP contribution >= 0.6 is 0 Å². The van der Waals surface area contributed by atoms with Crippen molar-refractivity contribution in [2.75, 3.05) is 21.3 Å². The smallest absolute Gasteiger partial charge is 0.433 e. The second-order valence-corrected chi connectivity index (χ2v) is 14.8. The van der Waals surface area contributed by atoms with Gasteiger partial charge in [0.1, 0.15) is 0 Å². The van der Waals surface area contributed by atoms with Gasteiger partial charge < -0.3 is 21.5 Å². The Bertz CT molecular complexity index is 246. The highest BCUT2D eigenvalue weighted by atomic mass is 28.5. The first kappa shape index (κ1) is 24.2. The molecule has 118 valence electrons. The van der Waals surface area contributed by atoms with E-state index in [0.717, 1.165) is 0 Å². The monoisotopic (exact) mass is 328 g/mol. The van der Waals surface area contributed by atoms with Gasteiger partial charge in [0, 0.05) is 21.3 Å². The Morgan fingerprint density at radius 2 is 1.16 bits per heavy atom. The normalized spacial score (nSPS) is 12.4. The molecule has 5 nitrogen and oxygen atoms in total. The van der Waals surface area contributed by atoms with Crippen LogP contribution in [-0.2, 0) is 21.5 Å². The Kier molecular flexibility index (Phi) is 11.7. The highest BCUT2D eigenvalue weighted by molar-refractivity contribution is 6.87. The molecule has 0 unspecified atom stereocenters. The van der Waals surface area contributed by atoms with E-state index >= 15 is 0 Å². The van der Waals surface area contributed by atoms with E-state index in [4.69, 9.17) is 21.5 Å². The summed E-state index contributed by atoms with van der Waals surface area (Å²) in [5.74, 6) is 0. The van der Waals surface area contributed by atoms with Crippen LogP contribution in [0.5, 0.6) is 0 Å². The van der Waals surface area contributed by atoms with Gasteiger partial charge in [-0.05, 0) is 26.2 Å². The quantitative estimate of drug-likeness (QED) is 0.640. The minimum atomic E-state index is -3.04. The van der Waals surface area contributed by atoms with Crippen molar-refractivity contribution in [3.05, 3.63) is 12.3 Å². The van der Waals surface area contributed by atoms with Crippen LogP contribution in [0.25, 0.3) is 0 Å². The summed E-state index contributed by atoms with van der Waals surface area (Å²) < 4.78 is 27.7. The molecule has 0 bridgehead atoms. The van der Waals surface area contributed by atoms with Gasteiger partial charge >= 0.3 is 17.6 Å². The van der Waals surface area contributed by atoms with Crippen molar-refractivity contribution in [2.24, 2.45) is 0 Å². The third-order valence-corrected chi connectivity index (χ3v) is 11.6. The topological polar surface area (TPSA) is 46.2 Å². The van der Waals surface area contributed by atoms with Gasteiger partial charge in [-0.15, -0.1) is 6.58 Å². The Hall–Kier alpha value is 0.191. The van der Waals surface area contributed by atoms with Crippen LogP contribution < -0.4 is 0 Å². The molecule has 0 amide bonds. The number of rotatable bonds is 8. The Morgan fingerprint density at radius 3 is 1.42 bits per heavy atom. The van der Waals surface area contributed by atoms with E-state index in [1.54, 1.807) is 0 Å². The molecular formula is C11H32O5Si3. The summed E-state index contributed by atoms with van der Waals surface area (Å²) in [6.07, 6.45) is 0. The Morgan fingerprint density at radius 1 is 0.789 bits per heavy atom. The van der Waals surface area contributed by atoms with Gasteiger partial charge in [-0.25, -0.2) is 0 Å². The summed E-state index contributed by atoms with van der Waals surface area (Å²) in [5.41, 5.74) is 1.88. The number of hydrogen-bond acceptors (Lipinski definition) is 5. The van der Waals surface area contributed by atoms with Gasteiger partial charge in [-0.1, -0.05) is 20.6 Å². The Balaban J connectivity index is -0.00000128. The van der Waals surface area contributed by atoms with Crippen LogP contribution in [0.4, 0.5) is 0 Å². The van der Waals surface area contributed by atoms with Gasteiger partial charge in [0.25, 0.3) is 0 Å². The van der Waals surface area contributed by atoms with Crippen LogP contribution in [0.15, 0.2) is 12.3 Å². The van der Waals surface area contributed by atoms with E-state index in [1.807, 2.05) is 18.8 Å². The molecule has 0 heterocycles. The van der Waals surface area contributed by atoms with Crippen molar-refractivity contribution in [1.29, 1.82) is 0 Å². The van der Waals surface area contributed by atoms with Crippen molar-refractivity contribution in [1.82, 2.24) is 0 Å². The minimum Gasteiger partial charge on any atom is -0.433 e. The van der Waals surface area contributed by atoms with E-state index in [1.165, 1.54) is 21.3 Å². The molecular weight excluding hydrogens is 296 g/mol. The summed E-state index contributed by atoms with van der Waals surface area (Å²) >= 11 is 0. The van der Waals surface area contributed by atoms with Crippen LogP contribution in [0.2, 0.25) is 26.2 Å². The van der Waals surface area contributed by atoms with Crippen molar-refractivity contribution >= 4 is 25.9 Å². The van der Waals surface area contributed by atoms with Crippen LogP contribution in [0.1, 0.15) is 14.9 Å². The molecule has 0 aromatic rings. The van der Waals surface area contributed by atoms with Gasteiger partial charge in [0.05, 0.1) is 0 Å². The van der Waals surface area contributed by atoms with Crippen molar-refractivity contribution in [3.63, 3.8) is 0 Å². The van der Waals surface area contributed by atoms with Gasteiger partial charge in [0.15, 0.2) is 8.32 Å². The first-order valence-electron chi connectivity index (χ1n) is 5.35. The maximum atomic E-state index is 6.07. The lowest BCUT2D eigenvalue weighted by Gasteiger charge is -2.36.